The van der Waals surface area contributed by atoms with E-state index in [1.807, 2.05) is 0 Å². The monoisotopic (exact) mass is 256 g/mol. The summed E-state index contributed by atoms with van der Waals surface area (Å²) in [6.07, 6.45) is 8.17. The van der Waals surface area contributed by atoms with Crippen molar-refractivity contribution in [3.8, 4) is 0 Å². The minimum Gasteiger partial charge on any atom is -0.393 e. The van der Waals surface area contributed by atoms with Gasteiger partial charge in [-0.25, -0.2) is 0 Å². The first kappa shape index (κ1) is 18.0. The summed E-state index contributed by atoms with van der Waals surface area (Å²) in [6, 6.07) is 0. The van der Waals surface area contributed by atoms with Crippen LogP contribution in [-0.2, 0) is 0 Å². The molecule has 3 atom stereocenters. The molecule has 18 heavy (non-hydrogen) atoms. The van der Waals surface area contributed by atoms with Gasteiger partial charge in [-0.3, -0.25) is 0 Å². The van der Waals surface area contributed by atoms with Gasteiger partial charge >= 0.3 is 0 Å². The number of hydrogen-bond acceptors (Lipinski definition) is 1. The maximum Gasteiger partial charge on any atom is 0.0545 e. The van der Waals surface area contributed by atoms with Crippen LogP contribution in [0.1, 0.15) is 86.5 Å². The maximum atomic E-state index is 10.2. The van der Waals surface area contributed by atoms with E-state index < -0.39 is 0 Å². The van der Waals surface area contributed by atoms with Crippen molar-refractivity contribution in [1.82, 2.24) is 0 Å². The first-order chi connectivity index (χ1) is 8.28. The quantitative estimate of drug-likeness (QED) is 0.584. The van der Waals surface area contributed by atoms with Crippen molar-refractivity contribution in [3.63, 3.8) is 0 Å². The van der Waals surface area contributed by atoms with Crippen LogP contribution in [0.2, 0.25) is 0 Å². The predicted octanol–water partition coefficient (Wildman–Crippen LogP) is 5.42. The van der Waals surface area contributed by atoms with E-state index in [1.54, 1.807) is 0 Å². The molecule has 0 bridgehead atoms. The minimum absolute atomic E-state index is 0.0934. The van der Waals surface area contributed by atoms with Crippen molar-refractivity contribution < 1.29 is 5.11 Å². The Morgan fingerprint density at radius 1 is 1.06 bits per heavy atom. The molecule has 0 amide bonds. The van der Waals surface area contributed by atoms with Gasteiger partial charge < -0.3 is 5.11 Å². The second kappa shape index (κ2) is 8.96. The molecule has 1 N–H and O–H groups in total. The maximum absolute atomic E-state index is 10.2. The molecule has 0 spiro atoms. The average Bonchev–Trinajstić information content (AvgIpc) is 2.20. The van der Waals surface area contributed by atoms with Gasteiger partial charge in [-0.2, -0.15) is 0 Å². The molecule has 0 radical (unpaired) electrons. The normalized spacial score (nSPS) is 17.5. The Morgan fingerprint density at radius 3 is 2.11 bits per heavy atom. The molecule has 1 heteroatoms. The third-order valence-electron chi connectivity index (χ3n) is 3.78. The SMILES string of the molecule is CCCCC(CC)CC(O)CC(C)CC(C)(C)C. The van der Waals surface area contributed by atoms with Crippen LogP contribution in [0.5, 0.6) is 0 Å². The molecule has 110 valence electrons. The second-order valence-corrected chi connectivity index (χ2v) is 7.41. The molecule has 1 nitrogen and oxygen atoms in total. The summed E-state index contributed by atoms with van der Waals surface area (Å²) in [5.74, 6) is 1.35. The molecule has 0 aliphatic heterocycles. The molecule has 0 rings (SSSR count). The van der Waals surface area contributed by atoms with Gasteiger partial charge in [0, 0.05) is 0 Å². The smallest absolute Gasteiger partial charge is 0.0545 e. The molecule has 0 aromatic carbocycles. The fraction of sp³-hybridized carbons (Fsp3) is 1.00. The van der Waals surface area contributed by atoms with E-state index >= 15 is 0 Å². The zero-order chi connectivity index (χ0) is 14.2. The van der Waals surface area contributed by atoms with Gasteiger partial charge in [-0.1, -0.05) is 67.2 Å². The van der Waals surface area contributed by atoms with Crippen LogP contribution >= 0.6 is 0 Å². The molecule has 0 saturated carbocycles. The van der Waals surface area contributed by atoms with E-state index in [-0.39, 0.29) is 6.10 Å². The Morgan fingerprint density at radius 2 is 1.67 bits per heavy atom. The van der Waals surface area contributed by atoms with Gasteiger partial charge in [-0.05, 0) is 36.5 Å². The lowest BCUT2D eigenvalue weighted by Gasteiger charge is -2.26. The Hall–Kier alpha value is -0.0400. The summed E-state index contributed by atoms with van der Waals surface area (Å²) < 4.78 is 0. The van der Waals surface area contributed by atoms with Gasteiger partial charge in [0.25, 0.3) is 0 Å². The molecule has 0 aliphatic rings. The highest BCUT2D eigenvalue weighted by molar-refractivity contribution is 4.71. The zero-order valence-electron chi connectivity index (χ0n) is 13.6. The van der Waals surface area contributed by atoms with Crippen LogP contribution in [-0.4, -0.2) is 11.2 Å². The van der Waals surface area contributed by atoms with E-state index in [9.17, 15) is 5.11 Å². The average molecular weight is 256 g/mol. The number of rotatable bonds is 9. The first-order valence-corrected chi connectivity index (χ1v) is 7.96. The van der Waals surface area contributed by atoms with Gasteiger partial charge in [0.15, 0.2) is 0 Å². The first-order valence-electron chi connectivity index (χ1n) is 7.96. The Labute approximate surface area is 115 Å². The van der Waals surface area contributed by atoms with E-state index in [0.717, 1.165) is 18.8 Å². The van der Waals surface area contributed by atoms with E-state index in [2.05, 4.69) is 41.5 Å². The lowest BCUT2D eigenvalue weighted by atomic mass is 9.82. The van der Waals surface area contributed by atoms with Gasteiger partial charge in [0.1, 0.15) is 0 Å². The van der Waals surface area contributed by atoms with E-state index in [1.165, 1.54) is 32.1 Å². The molecular formula is C17H36O. The summed E-state index contributed by atoms with van der Waals surface area (Å²) in [5.41, 5.74) is 0.380. The summed E-state index contributed by atoms with van der Waals surface area (Å²) in [4.78, 5) is 0. The van der Waals surface area contributed by atoms with Crippen LogP contribution in [0.3, 0.4) is 0 Å². The number of unbranched alkanes of at least 4 members (excludes halogenated alkanes) is 1. The van der Waals surface area contributed by atoms with E-state index in [4.69, 9.17) is 0 Å². The fourth-order valence-corrected chi connectivity index (χ4v) is 3.06. The van der Waals surface area contributed by atoms with Crippen molar-refractivity contribution in [2.24, 2.45) is 17.3 Å². The molecular weight excluding hydrogens is 220 g/mol. The van der Waals surface area contributed by atoms with Crippen LogP contribution < -0.4 is 0 Å². The highest BCUT2D eigenvalue weighted by atomic mass is 16.3. The summed E-state index contributed by atoms with van der Waals surface area (Å²) in [6.45, 7) is 13.6. The summed E-state index contributed by atoms with van der Waals surface area (Å²) >= 11 is 0. The zero-order valence-corrected chi connectivity index (χ0v) is 13.6. The topological polar surface area (TPSA) is 20.2 Å². The third kappa shape index (κ3) is 9.94. The van der Waals surface area contributed by atoms with Crippen LogP contribution in [0.4, 0.5) is 0 Å². The molecule has 0 aromatic heterocycles. The van der Waals surface area contributed by atoms with Gasteiger partial charge in [0.2, 0.25) is 0 Å². The summed E-state index contributed by atoms with van der Waals surface area (Å²) in [5, 5.41) is 10.2. The number of hydrogen-bond donors (Lipinski definition) is 1. The van der Waals surface area contributed by atoms with Crippen molar-refractivity contribution in [3.05, 3.63) is 0 Å². The third-order valence-corrected chi connectivity index (χ3v) is 3.78. The summed E-state index contributed by atoms with van der Waals surface area (Å²) in [7, 11) is 0. The van der Waals surface area contributed by atoms with E-state index in [0.29, 0.717) is 11.3 Å². The van der Waals surface area contributed by atoms with Crippen LogP contribution in [0.15, 0.2) is 0 Å². The van der Waals surface area contributed by atoms with Crippen LogP contribution in [0, 0.1) is 17.3 Å². The number of aliphatic hydroxyl groups excluding tert-OH is 1. The molecule has 0 aromatic rings. The Kier molecular flexibility index (Phi) is 8.94. The Bertz CT molecular complexity index is 192. The van der Waals surface area contributed by atoms with Gasteiger partial charge in [0.05, 0.1) is 6.10 Å². The highest BCUT2D eigenvalue weighted by Gasteiger charge is 2.19. The standard InChI is InChI=1S/C17H36O/c1-7-9-10-15(8-2)12-16(18)11-14(3)13-17(4,5)6/h14-16,18H,7-13H2,1-6H3. The largest absolute Gasteiger partial charge is 0.393 e. The molecule has 0 heterocycles. The highest BCUT2D eigenvalue weighted by Crippen LogP contribution is 2.28. The van der Waals surface area contributed by atoms with Crippen molar-refractivity contribution in [2.75, 3.05) is 0 Å². The minimum atomic E-state index is -0.0934. The number of aliphatic hydroxyl groups is 1. The van der Waals surface area contributed by atoms with Crippen molar-refractivity contribution in [2.45, 2.75) is 92.6 Å². The van der Waals surface area contributed by atoms with Crippen molar-refractivity contribution >= 4 is 0 Å². The lowest BCUT2D eigenvalue weighted by Crippen LogP contribution is -2.19. The fourth-order valence-electron chi connectivity index (χ4n) is 3.06. The second-order valence-electron chi connectivity index (χ2n) is 7.41. The molecule has 0 saturated heterocycles. The Balaban J connectivity index is 3.96. The molecule has 3 unspecified atom stereocenters. The van der Waals surface area contributed by atoms with Crippen molar-refractivity contribution in [1.29, 1.82) is 0 Å². The van der Waals surface area contributed by atoms with Crippen LogP contribution in [0.25, 0.3) is 0 Å². The predicted molar refractivity (Wildman–Crippen MR) is 81.8 cm³/mol. The molecule has 0 aliphatic carbocycles. The van der Waals surface area contributed by atoms with Gasteiger partial charge in [-0.15, -0.1) is 0 Å². The lowest BCUT2D eigenvalue weighted by molar-refractivity contribution is 0.104. The molecule has 0 fully saturated rings.